The van der Waals surface area contributed by atoms with Crippen molar-refractivity contribution in [3.05, 3.63) is 112 Å². The SMILES string of the molecule is O=c1cccc(CC/C=C/c2ccccc2)n1Cc1ccccc1. The number of benzene rings is 2. The molecule has 1 aromatic heterocycles. The molecule has 2 aromatic carbocycles. The average molecular weight is 315 g/mol. The van der Waals surface area contributed by atoms with Gasteiger partial charge >= 0.3 is 0 Å². The Labute approximate surface area is 142 Å². The first-order valence-electron chi connectivity index (χ1n) is 8.27. The maximum absolute atomic E-state index is 12.2. The minimum absolute atomic E-state index is 0.0587. The molecule has 0 aliphatic carbocycles. The van der Waals surface area contributed by atoms with Crippen molar-refractivity contribution in [1.82, 2.24) is 4.57 Å². The van der Waals surface area contributed by atoms with Crippen molar-refractivity contribution in [1.29, 1.82) is 0 Å². The van der Waals surface area contributed by atoms with E-state index < -0.39 is 0 Å². The van der Waals surface area contributed by atoms with Crippen molar-refractivity contribution in [2.75, 3.05) is 0 Å². The monoisotopic (exact) mass is 315 g/mol. The van der Waals surface area contributed by atoms with Crippen LogP contribution in [0.2, 0.25) is 0 Å². The van der Waals surface area contributed by atoms with Gasteiger partial charge in [0.2, 0.25) is 0 Å². The first-order valence-corrected chi connectivity index (χ1v) is 8.27. The van der Waals surface area contributed by atoms with E-state index in [0.717, 1.165) is 24.1 Å². The van der Waals surface area contributed by atoms with Crippen molar-refractivity contribution >= 4 is 6.08 Å². The zero-order valence-corrected chi connectivity index (χ0v) is 13.6. The molecule has 0 aliphatic heterocycles. The van der Waals surface area contributed by atoms with Crippen molar-refractivity contribution < 1.29 is 0 Å². The lowest BCUT2D eigenvalue weighted by Gasteiger charge is -2.12. The van der Waals surface area contributed by atoms with Gasteiger partial charge in [0.15, 0.2) is 0 Å². The Hall–Kier alpha value is -2.87. The number of hydrogen-bond acceptors (Lipinski definition) is 1. The molecule has 0 radical (unpaired) electrons. The Morgan fingerprint density at radius 3 is 2.25 bits per heavy atom. The Bertz CT molecular complexity index is 848. The van der Waals surface area contributed by atoms with Crippen molar-refractivity contribution in [2.45, 2.75) is 19.4 Å². The zero-order chi connectivity index (χ0) is 16.6. The number of aryl methyl sites for hydroxylation is 1. The van der Waals surface area contributed by atoms with E-state index in [0.29, 0.717) is 6.54 Å². The highest BCUT2D eigenvalue weighted by Gasteiger charge is 2.03. The summed E-state index contributed by atoms with van der Waals surface area (Å²) in [5, 5.41) is 0. The number of allylic oxidation sites excluding steroid dienone is 1. The maximum atomic E-state index is 12.2. The molecule has 0 amide bonds. The Kier molecular flexibility index (Phi) is 5.41. The van der Waals surface area contributed by atoms with E-state index in [1.54, 1.807) is 6.07 Å². The third-order valence-electron chi connectivity index (χ3n) is 4.00. The molecule has 3 aromatic rings. The van der Waals surface area contributed by atoms with Gasteiger partial charge in [0.25, 0.3) is 5.56 Å². The second-order valence-electron chi connectivity index (χ2n) is 5.78. The summed E-state index contributed by atoms with van der Waals surface area (Å²) in [6, 6.07) is 25.9. The highest BCUT2D eigenvalue weighted by Crippen LogP contribution is 2.08. The van der Waals surface area contributed by atoms with Crippen molar-refractivity contribution in [3.8, 4) is 0 Å². The summed E-state index contributed by atoms with van der Waals surface area (Å²) >= 11 is 0. The van der Waals surface area contributed by atoms with Crippen LogP contribution in [0.25, 0.3) is 6.08 Å². The summed E-state index contributed by atoms with van der Waals surface area (Å²) < 4.78 is 1.87. The fourth-order valence-electron chi connectivity index (χ4n) is 2.74. The molecule has 0 bridgehead atoms. The molecule has 2 nitrogen and oxygen atoms in total. The summed E-state index contributed by atoms with van der Waals surface area (Å²) in [5.41, 5.74) is 3.48. The highest BCUT2D eigenvalue weighted by atomic mass is 16.1. The van der Waals surface area contributed by atoms with Gasteiger partial charge in [-0.05, 0) is 30.0 Å². The Balaban J connectivity index is 1.70. The average Bonchev–Trinajstić information content (AvgIpc) is 2.63. The fraction of sp³-hybridized carbons (Fsp3) is 0.136. The van der Waals surface area contributed by atoms with E-state index in [1.165, 1.54) is 5.56 Å². The van der Waals surface area contributed by atoms with Crippen LogP contribution in [-0.2, 0) is 13.0 Å². The maximum Gasteiger partial charge on any atom is 0.251 e. The molecule has 0 unspecified atom stereocenters. The van der Waals surface area contributed by atoms with Crippen LogP contribution in [0.5, 0.6) is 0 Å². The van der Waals surface area contributed by atoms with Crippen LogP contribution in [-0.4, -0.2) is 4.57 Å². The molecule has 24 heavy (non-hydrogen) atoms. The molecule has 0 N–H and O–H groups in total. The van der Waals surface area contributed by atoms with E-state index in [-0.39, 0.29) is 5.56 Å². The van der Waals surface area contributed by atoms with Crippen LogP contribution in [0, 0.1) is 0 Å². The second kappa shape index (κ2) is 8.11. The fourth-order valence-corrected chi connectivity index (χ4v) is 2.74. The first kappa shape index (κ1) is 16.0. The Morgan fingerprint density at radius 2 is 1.50 bits per heavy atom. The first-order chi connectivity index (χ1) is 11.8. The van der Waals surface area contributed by atoms with Gasteiger partial charge in [-0.2, -0.15) is 0 Å². The van der Waals surface area contributed by atoms with E-state index in [4.69, 9.17) is 0 Å². The molecule has 0 spiro atoms. The van der Waals surface area contributed by atoms with Crippen LogP contribution in [0.1, 0.15) is 23.2 Å². The highest BCUT2D eigenvalue weighted by molar-refractivity contribution is 5.48. The third kappa shape index (κ3) is 4.32. The largest absolute Gasteiger partial charge is 0.308 e. The molecule has 1 heterocycles. The molecular formula is C22H21NO. The summed E-state index contributed by atoms with van der Waals surface area (Å²) in [5.74, 6) is 0. The van der Waals surface area contributed by atoms with Gasteiger partial charge in [-0.15, -0.1) is 0 Å². The molecule has 0 aliphatic rings. The van der Waals surface area contributed by atoms with Gasteiger partial charge in [-0.1, -0.05) is 78.9 Å². The van der Waals surface area contributed by atoms with E-state index in [2.05, 4.69) is 36.4 Å². The molecule has 0 saturated heterocycles. The normalized spacial score (nSPS) is 11.0. The van der Waals surface area contributed by atoms with Gasteiger partial charge in [0.05, 0.1) is 6.54 Å². The molecule has 0 atom stereocenters. The van der Waals surface area contributed by atoms with E-state index in [1.807, 2.05) is 53.1 Å². The second-order valence-corrected chi connectivity index (χ2v) is 5.78. The number of aromatic nitrogens is 1. The predicted octanol–water partition coefficient (Wildman–Crippen LogP) is 4.54. The lowest BCUT2D eigenvalue weighted by molar-refractivity contribution is 0.696. The van der Waals surface area contributed by atoms with Crippen molar-refractivity contribution in [3.63, 3.8) is 0 Å². The summed E-state index contributed by atoms with van der Waals surface area (Å²) in [6.45, 7) is 0.623. The number of pyridine rings is 1. The third-order valence-corrected chi connectivity index (χ3v) is 4.00. The van der Waals surface area contributed by atoms with Crippen LogP contribution in [0.15, 0.2) is 89.7 Å². The van der Waals surface area contributed by atoms with Crippen LogP contribution in [0.4, 0.5) is 0 Å². The standard InChI is InChI=1S/C22H21NO/c24-22-17-9-16-21(23(22)18-20-13-5-2-6-14-20)15-8-7-12-19-10-3-1-4-11-19/h1-7,9-14,16-17H,8,15,18H2/b12-7+. The van der Waals surface area contributed by atoms with Gasteiger partial charge in [0, 0.05) is 11.8 Å². The number of nitrogens with zero attached hydrogens (tertiary/aromatic N) is 1. The van der Waals surface area contributed by atoms with Crippen LogP contribution >= 0.6 is 0 Å². The van der Waals surface area contributed by atoms with Crippen molar-refractivity contribution in [2.24, 2.45) is 0 Å². The predicted molar refractivity (Wildman–Crippen MR) is 100 cm³/mol. The molecule has 3 rings (SSSR count). The van der Waals surface area contributed by atoms with Gasteiger partial charge < -0.3 is 4.57 Å². The summed E-state index contributed by atoms with van der Waals surface area (Å²) in [6.07, 6.45) is 6.06. The quantitative estimate of drug-likeness (QED) is 0.654. The van der Waals surface area contributed by atoms with Crippen LogP contribution in [0.3, 0.4) is 0 Å². The van der Waals surface area contributed by atoms with Crippen LogP contribution < -0.4 is 5.56 Å². The lowest BCUT2D eigenvalue weighted by atomic mass is 10.1. The van der Waals surface area contributed by atoms with Gasteiger partial charge in [0.1, 0.15) is 0 Å². The summed E-state index contributed by atoms with van der Waals surface area (Å²) in [7, 11) is 0. The molecular weight excluding hydrogens is 294 g/mol. The minimum atomic E-state index is 0.0587. The van der Waals surface area contributed by atoms with E-state index >= 15 is 0 Å². The number of rotatable bonds is 6. The zero-order valence-electron chi connectivity index (χ0n) is 13.6. The van der Waals surface area contributed by atoms with E-state index in [9.17, 15) is 4.79 Å². The topological polar surface area (TPSA) is 22.0 Å². The lowest BCUT2D eigenvalue weighted by Crippen LogP contribution is -2.23. The summed E-state index contributed by atoms with van der Waals surface area (Å²) in [4.78, 5) is 12.2. The smallest absolute Gasteiger partial charge is 0.251 e. The van der Waals surface area contributed by atoms with Gasteiger partial charge in [-0.3, -0.25) is 4.79 Å². The molecule has 120 valence electrons. The number of hydrogen-bond donors (Lipinski definition) is 0. The molecule has 2 heteroatoms. The minimum Gasteiger partial charge on any atom is -0.308 e. The Morgan fingerprint density at radius 1 is 0.792 bits per heavy atom. The molecule has 0 saturated carbocycles. The molecule has 0 fully saturated rings. The van der Waals surface area contributed by atoms with Gasteiger partial charge in [-0.25, -0.2) is 0 Å².